The van der Waals surface area contributed by atoms with Gasteiger partial charge in [-0.3, -0.25) is 4.68 Å². The molecule has 1 aromatic rings. The van der Waals surface area contributed by atoms with Crippen molar-refractivity contribution in [3.63, 3.8) is 0 Å². The summed E-state index contributed by atoms with van der Waals surface area (Å²) in [7, 11) is 1.90. The summed E-state index contributed by atoms with van der Waals surface area (Å²) in [6, 6.07) is 0. The predicted octanol–water partition coefficient (Wildman–Crippen LogP) is 4.99. The third kappa shape index (κ3) is 3.17. The maximum atomic E-state index is 6.66. The van der Waals surface area contributed by atoms with Crippen LogP contribution in [-0.2, 0) is 13.5 Å². The second-order valence-corrected chi connectivity index (χ2v) is 8.10. The predicted molar refractivity (Wildman–Crippen MR) is 86.6 cm³/mol. The van der Waals surface area contributed by atoms with Gasteiger partial charge in [0, 0.05) is 18.0 Å². The molecule has 3 unspecified atom stereocenters. The van der Waals surface area contributed by atoms with E-state index in [-0.39, 0.29) is 10.8 Å². The first kappa shape index (κ1) is 16.2. The molecule has 1 aliphatic rings. The van der Waals surface area contributed by atoms with Crippen LogP contribution in [0.3, 0.4) is 0 Å². The molecule has 4 heteroatoms. The number of halogens is 2. The summed E-state index contributed by atoms with van der Waals surface area (Å²) in [6.45, 7) is 9.00. The maximum Gasteiger partial charge on any atom is 0.130 e. The third-order valence-corrected chi connectivity index (χ3v) is 5.90. The van der Waals surface area contributed by atoms with Crippen molar-refractivity contribution < 1.29 is 0 Å². The number of aromatic nitrogens is 2. The molecule has 114 valence electrons. The molecular weight excluding hydrogens is 291 g/mol. The minimum Gasteiger partial charge on any atom is -0.257 e. The van der Waals surface area contributed by atoms with Crippen LogP contribution >= 0.6 is 23.2 Å². The number of alkyl halides is 1. The molecule has 3 atom stereocenters. The largest absolute Gasteiger partial charge is 0.257 e. The van der Waals surface area contributed by atoms with E-state index in [1.807, 2.05) is 14.0 Å². The number of nitrogens with zero attached hydrogens (tertiary/aromatic N) is 2. The van der Waals surface area contributed by atoms with Crippen LogP contribution in [0.2, 0.25) is 5.15 Å². The van der Waals surface area contributed by atoms with Crippen LogP contribution in [0.5, 0.6) is 0 Å². The van der Waals surface area contributed by atoms with Gasteiger partial charge in [-0.2, -0.15) is 5.10 Å². The van der Waals surface area contributed by atoms with Crippen molar-refractivity contribution in [3.8, 4) is 0 Å². The molecule has 1 aliphatic carbocycles. The first-order valence-corrected chi connectivity index (χ1v) is 8.36. The van der Waals surface area contributed by atoms with E-state index in [4.69, 9.17) is 23.2 Å². The Morgan fingerprint density at radius 1 is 1.35 bits per heavy atom. The zero-order chi connectivity index (χ0) is 15.1. The first-order chi connectivity index (χ1) is 9.22. The van der Waals surface area contributed by atoms with Crippen LogP contribution in [0, 0.1) is 24.2 Å². The highest BCUT2D eigenvalue weighted by atomic mass is 35.5. The minimum absolute atomic E-state index is 0.157. The van der Waals surface area contributed by atoms with Gasteiger partial charge < -0.3 is 0 Å². The lowest BCUT2D eigenvalue weighted by atomic mass is 9.66. The van der Waals surface area contributed by atoms with Gasteiger partial charge in [-0.05, 0) is 43.4 Å². The van der Waals surface area contributed by atoms with Crippen LogP contribution < -0.4 is 0 Å². The lowest BCUT2D eigenvalue weighted by Gasteiger charge is -2.42. The summed E-state index contributed by atoms with van der Waals surface area (Å²) in [5.74, 6) is 1.31. The zero-order valence-electron chi connectivity index (χ0n) is 13.2. The van der Waals surface area contributed by atoms with Crippen molar-refractivity contribution in [2.24, 2.45) is 24.3 Å². The molecule has 0 N–H and O–H groups in total. The van der Waals surface area contributed by atoms with E-state index in [1.165, 1.54) is 18.4 Å². The summed E-state index contributed by atoms with van der Waals surface area (Å²) in [4.78, 5) is 0. The standard InChI is InChI=1S/C16H26Cl2N2/c1-10-6-7-13(14(17)8-10)16(3,4)9-12-11(2)19-20(5)15(12)18/h10,13-14H,6-9H2,1-5H3. The van der Waals surface area contributed by atoms with Crippen molar-refractivity contribution in [3.05, 3.63) is 16.4 Å². The molecule has 0 aliphatic heterocycles. The molecule has 0 amide bonds. The SMILES string of the molecule is Cc1nn(C)c(Cl)c1CC(C)(C)C1CCC(C)CC1Cl. The summed E-state index contributed by atoms with van der Waals surface area (Å²) < 4.78 is 1.77. The number of hydrogen-bond donors (Lipinski definition) is 0. The molecule has 0 saturated heterocycles. The average Bonchev–Trinajstić information content (AvgIpc) is 2.55. The van der Waals surface area contributed by atoms with Crippen LogP contribution in [0.25, 0.3) is 0 Å². The molecule has 1 saturated carbocycles. The Hall–Kier alpha value is -0.210. The number of rotatable bonds is 3. The van der Waals surface area contributed by atoms with Gasteiger partial charge in [0.25, 0.3) is 0 Å². The van der Waals surface area contributed by atoms with E-state index < -0.39 is 0 Å². The van der Waals surface area contributed by atoms with Crippen LogP contribution in [0.15, 0.2) is 0 Å². The van der Waals surface area contributed by atoms with Gasteiger partial charge in [-0.1, -0.05) is 38.8 Å². The fraction of sp³-hybridized carbons (Fsp3) is 0.812. The van der Waals surface area contributed by atoms with Crippen LogP contribution in [0.4, 0.5) is 0 Å². The monoisotopic (exact) mass is 316 g/mol. The normalized spacial score (nSPS) is 27.9. The van der Waals surface area contributed by atoms with E-state index in [1.54, 1.807) is 4.68 Å². The van der Waals surface area contributed by atoms with Crippen LogP contribution in [-0.4, -0.2) is 15.2 Å². The Balaban J connectivity index is 2.18. The smallest absolute Gasteiger partial charge is 0.130 e. The second kappa shape index (κ2) is 5.88. The molecule has 0 radical (unpaired) electrons. The van der Waals surface area contributed by atoms with Gasteiger partial charge in [0.15, 0.2) is 0 Å². The van der Waals surface area contributed by atoms with E-state index in [2.05, 4.69) is 25.9 Å². The highest BCUT2D eigenvalue weighted by Gasteiger charge is 2.39. The Kier molecular flexibility index (Phi) is 4.76. The van der Waals surface area contributed by atoms with Gasteiger partial charge in [0.05, 0.1) is 5.69 Å². The summed E-state index contributed by atoms with van der Waals surface area (Å²) in [6.07, 6.45) is 4.60. The average molecular weight is 317 g/mol. The Morgan fingerprint density at radius 2 is 2.00 bits per heavy atom. The van der Waals surface area contributed by atoms with E-state index >= 15 is 0 Å². The zero-order valence-corrected chi connectivity index (χ0v) is 14.7. The van der Waals surface area contributed by atoms with Gasteiger partial charge in [-0.25, -0.2) is 0 Å². The first-order valence-electron chi connectivity index (χ1n) is 7.54. The number of hydrogen-bond acceptors (Lipinski definition) is 1. The molecule has 0 bridgehead atoms. The van der Waals surface area contributed by atoms with Gasteiger partial charge >= 0.3 is 0 Å². The Bertz CT molecular complexity index is 479. The van der Waals surface area contributed by atoms with Gasteiger partial charge in [0.1, 0.15) is 5.15 Å². The van der Waals surface area contributed by atoms with Crippen molar-refractivity contribution >= 4 is 23.2 Å². The molecular formula is C16H26Cl2N2. The number of aryl methyl sites for hydroxylation is 2. The molecule has 20 heavy (non-hydrogen) atoms. The molecule has 2 rings (SSSR count). The third-order valence-electron chi connectivity index (χ3n) is 4.94. The Morgan fingerprint density at radius 3 is 2.50 bits per heavy atom. The van der Waals surface area contributed by atoms with Crippen molar-refractivity contribution in [2.75, 3.05) is 0 Å². The topological polar surface area (TPSA) is 17.8 Å². The summed E-state index contributed by atoms with van der Waals surface area (Å²) in [5, 5.41) is 5.47. The van der Waals surface area contributed by atoms with Gasteiger partial charge in [-0.15, -0.1) is 11.6 Å². The lowest BCUT2D eigenvalue weighted by Crippen LogP contribution is -2.37. The van der Waals surface area contributed by atoms with E-state index in [0.717, 1.165) is 29.6 Å². The van der Waals surface area contributed by atoms with Crippen molar-refractivity contribution in [1.82, 2.24) is 9.78 Å². The fourth-order valence-electron chi connectivity index (χ4n) is 3.65. The fourth-order valence-corrected chi connectivity index (χ4v) is 4.67. The second-order valence-electron chi connectivity index (χ2n) is 7.18. The van der Waals surface area contributed by atoms with E-state index in [9.17, 15) is 0 Å². The highest BCUT2D eigenvalue weighted by molar-refractivity contribution is 6.30. The maximum absolute atomic E-state index is 6.66. The van der Waals surface area contributed by atoms with Crippen molar-refractivity contribution in [2.45, 2.75) is 58.8 Å². The molecule has 0 aromatic carbocycles. The summed E-state index contributed by atoms with van der Waals surface area (Å²) in [5.41, 5.74) is 2.38. The van der Waals surface area contributed by atoms with Gasteiger partial charge in [0.2, 0.25) is 0 Å². The molecule has 2 nitrogen and oxygen atoms in total. The Labute approximate surface area is 132 Å². The lowest BCUT2D eigenvalue weighted by molar-refractivity contribution is 0.141. The quantitative estimate of drug-likeness (QED) is 0.718. The summed E-state index contributed by atoms with van der Waals surface area (Å²) >= 11 is 13.0. The molecule has 0 spiro atoms. The highest BCUT2D eigenvalue weighted by Crippen LogP contribution is 2.45. The molecule has 1 heterocycles. The molecule has 1 aromatic heterocycles. The molecule has 1 fully saturated rings. The van der Waals surface area contributed by atoms with Crippen molar-refractivity contribution in [1.29, 1.82) is 0 Å². The van der Waals surface area contributed by atoms with E-state index in [0.29, 0.717) is 5.92 Å². The minimum atomic E-state index is 0.157. The van der Waals surface area contributed by atoms with Crippen LogP contribution in [0.1, 0.15) is 51.3 Å².